The fraction of sp³-hybridized carbons (Fsp3) is 0.500. The summed E-state index contributed by atoms with van der Waals surface area (Å²) in [5.74, 6) is 0. The van der Waals surface area contributed by atoms with Crippen LogP contribution >= 0.6 is 0 Å². The van der Waals surface area contributed by atoms with E-state index in [2.05, 4.69) is 4.72 Å². The van der Waals surface area contributed by atoms with Gasteiger partial charge in [0.25, 0.3) is 5.69 Å². The standard InChI is InChI=1S/C12H17N3O4S/c13-9-4-3-5-10(8-9)14-20(18,19)12-7-2-1-6-11(12)15(16)17/h1-2,6-7,9-10,14H,3-5,8,13H2/t9-,10-/m1/s1. The van der Waals surface area contributed by atoms with Gasteiger partial charge in [0, 0.05) is 18.2 Å². The second-order valence-electron chi connectivity index (χ2n) is 4.97. The van der Waals surface area contributed by atoms with Gasteiger partial charge in [0.05, 0.1) is 4.92 Å². The lowest BCUT2D eigenvalue weighted by Gasteiger charge is -2.27. The molecule has 0 radical (unpaired) electrons. The van der Waals surface area contributed by atoms with E-state index in [1.54, 1.807) is 0 Å². The summed E-state index contributed by atoms with van der Waals surface area (Å²) in [6.07, 6.45) is 2.99. The summed E-state index contributed by atoms with van der Waals surface area (Å²) in [6, 6.07) is 5.04. The van der Waals surface area contributed by atoms with Crippen LogP contribution in [0.15, 0.2) is 29.2 Å². The van der Waals surface area contributed by atoms with Crippen LogP contribution in [0.4, 0.5) is 5.69 Å². The van der Waals surface area contributed by atoms with Crippen molar-refractivity contribution in [3.8, 4) is 0 Å². The van der Waals surface area contributed by atoms with E-state index in [1.807, 2.05) is 0 Å². The van der Waals surface area contributed by atoms with Crippen LogP contribution in [-0.2, 0) is 10.0 Å². The van der Waals surface area contributed by atoms with E-state index < -0.39 is 20.6 Å². The largest absolute Gasteiger partial charge is 0.328 e. The molecule has 1 aliphatic rings. The number of para-hydroxylation sites is 1. The fourth-order valence-electron chi connectivity index (χ4n) is 2.45. The van der Waals surface area contributed by atoms with Crippen molar-refractivity contribution in [2.75, 3.05) is 0 Å². The molecule has 0 spiro atoms. The molecule has 0 aliphatic heterocycles. The Labute approximate surface area is 117 Å². The van der Waals surface area contributed by atoms with Crippen LogP contribution in [0, 0.1) is 10.1 Å². The molecular weight excluding hydrogens is 282 g/mol. The maximum Gasteiger partial charge on any atom is 0.289 e. The number of rotatable bonds is 4. The van der Waals surface area contributed by atoms with Crippen molar-refractivity contribution in [3.63, 3.8) is 0 Å². The van der Waals surface area contributed by atoms with E-state index in [0.717, 1.165) is 12.8 Å². The number of benzene rings is 1. The van der Waals surface area contributed by atoms with Gasteiger partial charge >= 0.3 is 0 Å². The maximum absolute atomic E-state index is 12.3. The highest BCUT2D eigenvalue weighted by atomic mass is 32.2. The monoisotopic (exact) mass is 299 g/mol. The fourth-order valence-corrected chi connectivity index (χ4v) is 3.91. The molecule has 0 bridgehead atoms. The SMILES string of the molecule is N[C@@H]1CCC[C@@H](NS(=O)(=O)c2ccccc2[N+](=O)[O-])C1. The molecule has 2 atom stereocenters. The Morgan fingerprint density at radius 2 is 2.00 bits per heavy atom. The summed E-state index contributed by atoms with van der Waals surface area (Å²) in [5.41, 5.74) is 5.40. The highest BCUT2D eigenvalue weighted by molar-refractivity contribution is 7.89. The Balaban J connectivity index is 2.24. The van der Waals surface area contributed by atoms with Crippen LogP contribution < -0.4 is 10.5 Å². The number of nitro groups is 1. The maximum atomic E-state index is 12.3. The van der Waals surface area contributed by atoms with E-state index in [4.69, 9.17) is 5.73 Å². The number of nitrogens with zero attached hydrogens (tertiary/aromatic N) is 1. The third-order valence-electron chi connectivity index (χ3n) is 3.39. The predicted molar refractivity (Wildman–Crippen MR) is 73.6 cm³/mol. The lowest BCUT2D eigenvalue weighted by atomic mass is 9.92. The van der Waals surface area contributed by atoms with Gasteiger partial charge in [0.2, 0.25) is 10.0 Å². The Morgan fingerprint density at radius 1 is 1.30 bits per heavy atom. The van der Waals surface area contributed by atoms with Crippen LogP contribution in [-0.4, -0.2) is 25.4 Å². The van der Waals surface area contributed by atoms with Crippen LogP contribution in [0.1, 0.15) is 25.7 Å². The van der Waals surface area contributed by atoms with Crippen molar-refractivity contribution in [3.05, 3.63) is 34.4 Å². The van der Waals surface area contributed by atoms with Gasteiger partial charge in [-0.15, -0.1) is 0 Å². The van der Waals surface area contributed by atoms with E-state index in [1.165, 1.54) is 24.3 Å². The molecule has 0 amide bonds. The Hall–Kier alpha value is -1.51. The van der Waals surface area contributed by atoms with Gasteiger partial charge in [0.15, 0.2) is 4.90 Å². The molecule has 1 fully saturated rings. The molecule has 1 aromatic carbocycles. The van der Waals surface area contributed by atoms with E-state index in [-0.39, 0.29) is 17.0 Å². The van der Waals surface area contributed by atoms with E-state index in [9.17, 15) is 18.5 Å². The number of hydrogen-bond acceptors (Lipinski definition) is 5. The quantitative estimate of drug-likeness (QED) is 0.639. The number of hydrogen-bond donors (Lipinski definition) is 2. The Morgan fingerprint density at radius 3 is 2.65 bits per heavy atom. The molecule has 7 nitrogen and oxygen atoms in total. The first-order chi connectivity index (χ1) is 9.40. The summed E-state index contributed by atoms with van der Waals surface area (Å²) in [5, 5.41) is 10.9. The van der Waals surface area contributed by atoms with Gasteiger partial charge in [-0.2, -0.15) is 0 Å². The van der Waals surface area contributed by atoms with Crippen molar-refractivity contribution in [2.24, 2.45) is 5.73 Å². The molecular formula is C12H17N3O4S. The molecule has 20 heavy (non-hydrogen) atoms. The molecule has 0 saturated heterocycles. The van der Waals surface area contributed by atoms with Gasteiger partial charge in [0.1, 0.15) is 0 Å². The molecule has 8 heteroatoms. The topological polar surface area (TPSA) is 115 Å². The van der Waals surface area contributed by atoms with Gasteiger partial charge in [-0.05, 0) is 25.3 Å². The molecule has 1 aliphatic carbocycles. The highest BCUT2D eigenvalue weighted by Crippen LogP contribution is 2.25. The predicted octanol–water partition coefficient (Wildman–Crippen LogP) is 1.14. The first-order valence-electron chi connectivity index (χ1n) is 6.41. The van der Waals surface area contributed by atoms with Crippen molar-refractivity contribution in [2.45, 2.75) is 42.7 Å². The first kappa shape index (κ1) is 14.9. The van der Waals surface area contributed by atoms with Crippen molar-refractivity contribution < 1.29 is 13.3 Å². The first-order valence-corrected chi connectivity index (χ1v) is 7.90. The summed E-state index contributed by atoms with van der Waals surface area (Å²) in [4.78, 5) is 9.91. The van der Waals surface area contributed by atoms with Gasteiger partial charge in [-0.3, -0.25) is 10.1 Å². The smallest absolute Gasteiger partial charge is 0.289 e. The van der Waals surface area contributed by atoms with Gasteiger partial charge < -0.3 is 5.73 Å². The van der Waals surface area contributed by atoms with Crippen LogP contribution in [0.2, 0.25) is 0 Å². The number of sulfonamides is 1. The highest BCUT2D eigenvalue weighted by Gasteiger charge is 2.29. The van der Waals surface area contributed by atoms with Crippen molar-refractivity contribution in [1.82, 2.24) is 4.72 Å². The number of nitrogens with one attached hydrogen (secondary N) is 1. The average molecular weight is 299 g/mol. The van der Waals surface area contributed by atoms with Crippen molar-refractivity contribution in [1.29, 1.82) is 0 Å². The zero-order chi connectivity index (χ0) is 14.8. The Kier molecular flexibility index (Phi) is 4.36. The summed E-state index contributed by atoms with van der Waals surface area (Å²) in [6.45, 7) is 0. The minimum absolute atomic E-state index is 0.0257. The zero-order valence-electron chi connectivity index (χ0n) is 10.9. The summed E-state index contributed by atoms with van der Waals surface area (Å²) >= 11 is 0. The summed E-state index contributed by atoms with van der Waals surface area (Å²) < 4.78 is 27.1. The second kappa shape index (κ2) is 5.86. The Bertz CT molecular complexity index is 602. The third kappa shape index (κ3) is 3.33. The minimum atomic E-state index is -3.91. The summed E-state index contributed by atoms with van der Waals surface area (Å²) in [7, 11) is -3.91. The van der Waals surface area contributed by atoms with E-state index >= 15 is 0 Å². The molecule has 1 aromatic rings. The molecule has 2 rings (SSSR count). The molecule has 0 aromatic heterocycles. The third-order valence-corrected chi connectivity index (χ3v) is 4.96. The zero-order valence-corrected chi connectivity index (χ0v) is 11.7. The molecule has 0 unspecified atom stereocenters. The molecule has 110 valence electrons. The molecule has 3 N–H and O–H groups in total. The lowest BCUT2D eigenvalue weighted by molar-refractivity contribution is -0.387. The van der Waals surface area contributed by atoms with Crippen LogP contribution in [0.25, 0.3) is 0 Å². The minimum Gasteiger partial charge on any atom is -0.328 e. The van der Waals surface area contributed by atoms with Crippen LogP contribution in [0.5, 0.6) is 0 Å². The second-order valence-corrected chi connectivity index (χ2v) is 6.65. The number of nitro benzene ring substituents is 1. The van der Waals surface area contributed by atoms with Gasteiger partial charge in [-0.25, -0.2) is 13.1 Å². The molecule has 0 heterocycles. The van der Waals surface area contributed by atoms with Crippen molar-refractivity contribution >= 4 is 15.7 Å². The van der Waals surface area contributed by atoms with E-state index in [0.29, 0.717) is 12.8 Å². The van der Waals surface area contributed by atoms with Crippen LogP contribution in [0.3, 0.4) is 0 Å². The van der Waals surface area contributed by atoms with Gasteiger partial charge in [-0.1, -0.05) is 18.6 Å². The molecule has 1 saturated carbocycles. The number of nitrogens with two attached hydrogens (primary N) is 1. The average Bonchev–Trinajstić information content (AvgIpc) is 2.38. The normalized spacial score (nSPS) is 23.4. The lowest BCUT2D eigenvalue weighted by Crippen LogP contribution is -2.42.